The van der Waals surface area contributed by atoms with Crippen LogP contribution in [0.4, 0.5) is 8.78 Å². The van der Waals surface area contributed by atoms with Crippen molar-refractivity contribution in [3.05, 3.63) is 51.1 Å². The molecule has 0 radical (unpaired) electrons. The highest BCUT2D eigenvalue weighted by Gasteiger charge is 2.14. The van der Waals surface area contributed by atoms with E-state index in [1.54, 1.807) is 0 Å². The van der Waals surface area contributed by atoms with E-state index < -0.39 is 11.6 Å². The molecule has 0 saturated heterocycles. The number of ether oxygens (including phenoxy) is 1. The first-order valence-electron chi connectivity index (χ1n) is 5.18. The lowest BCUT2D eigenvalue weighted by atomic mass is 10.2. The van der Waals surface area contributed by atoms with Crippen molar-refractivity contribution in [3.8, 4) is 11.6 Å². The first-order valence-corrected chi connectivity index (χ1v) is 6.36. The van der Waals surface area contributed by atoms with Crippen LogP contribution in [0, 0.1) is 11.6 Å². The zero-order valence-corrected chi connectivity index (χ0v) is 11.8. The molecule has 0 aliphatic rings. The molecule has 2 aromatic rings. The molecule has 0 bridgehead atoms. The normalized spacial score (nSPS) is 10.6. The van der Waals surface area contributed by atoms with Crippen molar-refractivity contribution in [2.45, 2.75) is 6.54 Å². The number of pyridine rings is 1. The Balaban J connectivity index is 2.39. The number of halogens is 4. The van der Waals surface area contributed by atoms with Gasteiger partial charge < -0.3 is 10.5 Å². The zero-order chi connectivity index (χ0) is 14.0. The number of benzene rings is 1. The SMILES string of the molecule is NCc1ccnc(Oc2cc(F)c(Cl)cc2Br)c1F. The average molecular weight is 350 g/mol. The maximum atomic E-state index is 13.9. The van der Waals surface area contributed by atoms with Gasteiger partial charge in [0.05, 0.1) is 9.50 Å². The minimum atomic E-state index is -0.674. The standard InChI is InChI=1S/C12H8BrClF2N2O/c13-7-3-8(14)9(15)4-10(7)19-12-11(16)6(5-17)1-2-18-12/h1-4H,5,17H2. The maximum Gasteiger partial charge on any atom is 0.256 e. The Kier molecular flexibility index (Phi) is 4.34. The van der Waals surface area contributed by atoms with E-state index in [1.807, 2.05) is 0 Å². The van der Waals surface area contributed by atoms with Gasteiger partial charge in [-0.05, 0) is 28.1 Å². The zero-order valence-electron chi connectivity index (χ0n) is 9.46. The van der Waals surface area contributed by atoms with Crippen molar-refractivity contribution < 1.29 is 13.5 Å². The highest BCUT2D eigenvalue weighted by Crippen LogP contribution is 2.34. The number of nitrogens with zero attached hydrogens (tertiary/aromatic N) is 1. The van der Waals surface area contributed by atoms with Crippen LogP contribution in [0.15, 0.2) is 28.9 Å². The van der Waals surface area contributed by atoms with Gasteiger partial charge in [0.25, 0.3) is 5.88 Å². The molecule has 0 unspecified atom stereocenters. The number of nitrogens with two attached hydrogens (primary N) is 1. The van der Waals surface area contributed by atoms with Crippen LogP contribution < -0.4 is 10.5 Å². The fourth-order valence-electron chi connectivity index (χ4n) is 1.38. The maximum absolute atomic E-state index is 13.9. The molecule has 2 rings (SSSR count). The number of aromatic nitrogens is 1. The van der Waals surface area contributed by atoms with Crippen molar-refractivity contribution in [3.63, 3.8) is 0 Å². The Morgan fingerprint density at radius 3 is 2.79 bits per heavy atom. The van der Waals surface area contributed by atoms with Crippen molar-refractivity contribution in [2.24, 2.45) is 5.73 Å². The summed E-state index contributed by atoms with van der Waals surface area (Å²) in [5.41, 5.74) is 5.64. The fourth-order valence-corrected chi connectivity index (χ4v) is 2.10. The lowest BCUT2D eigenvalue weighted by Crippen LogP contribution is -2.03. The Morgan fingerprint density at radius 1 is 1.37 bits per heavy atom. The second kappa shape index (κ2) is 5.81. The van der Waals surface area contributed by atoms with Crippen LogP contribution in [0.3, 0.4) is 0 Å². The van der Waals surface area contributed by atoms with Crippen molar-refractivity contribution in [1.82, 2.24) is 4.98 Å². The molecule has 3 nitrogen and oxygen atoms in total. The van der Waals surface area contributed by atoms with E-state index >= 15 is 0 Å². The molecular weight excluding hydrogens is 341 g/mol. The Hall–Kier alpha value is -1.24. The van der Waals surface area contributed by atoms with E-state index in [0.717, 1.165) is 6.07 Å². The summed E-state index contributed by atoms with van der Waals surface area (Å²) in [7, 11) is 0. The van der Waals surface area contributed by atoms with Gasteiger partial charge in [-0.3, -0.25) is 0 Å². The van der Waals surface area contributed by atoms with Crippen LogP contribution in [-0.2, 0) is 6.54 Å². The first kappa shape index (κ1) is 14.2. The van der Waals surface area contributed by atoms with Crippen molar-refractivity contribution in [2.75, 3.05) is 0 Å². The molecule has 1 aromatic carbocycles. The van der Waals surface area contributed by atoms with Gasteiger partial charge in [0, 0.05) is 24.4 Å². The third-order valence-corrected chi connectivity index (χ3v) is 3.25. The highest BCUT2D eigenvalue weighted by atomic mass is 79.9. The summed E-state index contributed by atoms with van der Waals surface area (Å²) < 4.78 is 32.8. The van der Waals surface area contributed by atoms with E-state index in [4.69, 9.17) is 22.1 Å². The molecule has 0 fully saturated rings. The van der Waals surface area contributed by atoms with Crippen LogP contribution in [0.2, 0.25) is 5.02 Å². The Labute approximate surface area is 121 Å². The molecule has 2 N–H and O–H groups in total. The predicted molar refractivity (Wildman–Crippen MR) is 71.3 cm³/mol. The fraction of sp³-hybridized carbons (Fsp3) is 0.0833. The molecule has 1 heterocycles. The molecule has 0 aliphatic heterocycles. The van der Waals surface area contributed by atoms with Crippen molar-refractivity contribution >= 4 is 27.5 Å². The summed E-state index contributed by atoms with van der Waals surface area (Å²) in [6, 6.07) is 3.80. The topological polar surface area (TPSA) is 48.1 Å². The molecule has 0 atom stereocenters. The predicted octanol–water partition coefficient (Wildman–Crippen LogP) is 4.03. The largest absolute Gasteiger partial charge is 0.435 e. The summed E-state index contributed by atoms with van der Waals surface area (Å²) >= 11 is 8.75. The van der Waals surface area contributed by atoms with Gasteiger partial charge in [-0.1, -0.05) is 11.6 Å². The molecule has 100 valence electrons. The van der Waals surface area contributed by atoms with Crippen LogP contribution in [0.5, 0.6) is 11.6 Å². The molecular formula is C12H8BrClF2N2O. The molecule has 19 heavy (non-hydrogen) atoms. The van der Waals surface area contributed by atoms with Gasteiger partial charge in [-0.15, -0.1) is 0 Å². The molecule has 0 amide bonds. The van der Waals surface area contributed by atoms with Gasteiger partial charge in [0.1, 0.15) is 11.6 Å². The Bertz CT molecular complexity index is 625. The third-order valence-electron chi connectivity index (χ3n) is 2.34. The van der Waals surface area contributed by atoms with Crippen molar-refractivity contribution in [1.29, 1.82) is 0 Å². The number of hydrogen-bond acceptors (Lipinski definition) is 3. The number of hydrogen-bond donors (Lipinski definition) is 1. The van der Waals surface area contributed by atoms with Gasteiger partial charge in [-0.25, -0.2) is 13.8 Å². The lowest BCUT2D eigenvalue weighted by Gasteiger charge is -2.10. The van der Waals surface area contributed by atoms with Gasteiger partial charge in [0.15, 0.2) is 5.82 Å². The highest BCUT2D eigenvalue weighted by molar-refractivity contribution is 9.10. The average Bonchev–Trinajstić information content (AvgIpc) is 2.38. The smallest absolute Gasteiger partial charge is 0.256 e. The summed E-state index contributed by atoms with van der Waals surface area (Å²) in [6.07, 6.45) is 1.36. The minimum absolute atomic E-state index is 0.0147. The van der Waals surface area contributed by atoms with E-state index in [-0.39, 0.29) is 28.8 Å². The molecule has 0 aliphatic carbocycles. The third kappa shape index (κ3) is 3.02. The van der Waals surface area contributed by atoms with Crippen LogP contribution in [0.1, 0.15) is 5.56 Å². The summed E-state index contributed by atoms with van der Waals surface area (Å²) in [5.74, 6) is -1.55. The van der Waals surface area contributed by atoms with Crippen LogP contribution in [0.25, 0.3) is 0 Å². The van der Waals surface area contributed by atoms with Gasteiger partial charge in [0.2, 0.25) is 0 Å². The second-order valence-electron chi connectivity index (χ2n) is 3.59. The Morgan fingerprint density at radius 2 is 2.11 bits per heavy atom. The second-order valence-corrected chi connectivity index (χ2v) is 4.85. The van der Waals surface area contributed by atoms with E-state index in [0.29, 0.717) is 4.47 Å². The summed E-state index contributed by atoms with van der Waals surface area (Å²) in [5, 5.41) is -0.0663. The van der Waals surface area contributed by atoms with Gasteiger partial charge in [-0.2, -0.15) is 0 Å². The molecule has 7 heteroatoms. The summed E-state index contributed by atoms with van der Waals surface area (Å²) in [4.78, 5) is 3.75. The minimum Gasteiger partial charge on any atom is -0.435 e. The van der Waals surface area contributed by atoms with Crippen LogP contribution >= 0.6 is 27.5 Å². The number of rotatable bonds is 3. The molecule has 1 aromatic heterocycles. The van der Waals surface area contributed by atoms with Gasteiger partial charge >= 0.3 is 0 Å². The first-order chi connectivity index (χ1) is 9.02. The summed E-state index contributed by atoms with van der Waals surface area (Å²) in [6.45, 7) is 0.0147. The monoisotopic (exact) mass is 348 g/mol. The lowest BCUT2D eigenvalue weighted by molar-refractivity contribution is 0.414. The van der Waals surface area contributed by atoms with E-state index in [1.165, 1.54) is 18.3 Å². The molecule has 0 saturated carbocycles. The molecule has 0 spiro atoms. The quantitative estimate of drug-likeness (QED) is 0.851. The van der Waals surface area contributed by atoms with Crippen LogP contribution in [-0.4, -0.2) is 4.98 Å². The van der Waals surface area contributed by atoms with E-state index in [9.17, 15) is 8.78 Å². The van der Waals surface area contributed by atoms with E-state index in [2.05, 4.69) is 20.9 Å².